The van der Waals surface area contributed by atoms with E-state index in [9.17, 15) is 14.4 Å². The second-order valence-electron chi connectivity index (χ2n) is 8.13. The van der Waals surface area contributed by atoms with Crippen molar-refractivity contribution < 1.29 is 14.4 Å². The molecule has 4 rings (SSSR count). The highest BCUT2D eigenvalue weighted by Gasteiger charge is 2.38. The lowest BCUT2D eigenvalue weighted by Crippen LogP contribution is -2.46. The van der Waals surface area contributed by atoms with Crippen LogP contribution < -0.4 is 10.6 Å². The third kappa shape index (κ3) is 4.44. The molecule has 0 unspecified atom stereocenters. The Morgan fingerprint density at radius 3 is 2.81 bits per heavy atom. The Kier molecular flexibility index (Phi) is 5.99. The zero-order valence-corrected chi connectivity index (χ0v) is 17.8. The molecular weight excluding hydrogens is 394 g/mol. The number of fused-ring (bicyclic) bond motifs is 2. The van der Waals surface area contributed by atoms with Gasteiger partial charge in [0.1, 0.15) is 6.04 Å². The molecule has 2 aliphatic rings. The van der Waals surface area contributed by atoms with Crippen molar-refractivity contribution >= 4 is 23.4 Å². The van der Waals surface area contributed by atoms with Gasteiger partial charge in [-0.1, -0.05) is 31.2 Å². The number of anilines is 1. The molecule has 3 amide bonds. The number of nitrogens with zero attached hydrogens (tertiary/aromatic N) is 3. The van der Waals surface area contributed by atoms with E-state index in [0.717, 1.165) is 24.1 Å². The molecule has 8 heteroatoms. The van der Waals surface area contributed by atoms with E-state index >= 15 is 0 Å². The van der Waals surface area contributed by atoms with Crippen molar-refractivity contribution in [2.75, 3.05) is 18.4 Å². The summed E-state index contributed by atoms with van der Waals surface area (Å²) in [5.41, 5.74) is 3.19. The van der Waals surface area contributed by atoms with Gasteiger partial charge in [-0.25, -0.2) is 5.01 Å². The zero-order valence-electron chi connectivity index (χ0n) is 17.8. The van der Waals surface area contributed by atoms with E-state index in [-0.39, 0.29) is 24.1 Å². The molecule has 2 atom stereocenters. The Labute approximate surface area is 181 Å². The molecule has 31 heavy (non-hydrogen) atoms. The Morgan fingerprint density at radius 1 is 1.19 bits per heavy atom. The summed E-state index contributed by atoms with van der Waals surface area (Å²) in [5.74, 6) is -1.30. The monoisotopic (exact) mass is 421 g/mol. The first-order valence-electron chi connectivity index (χ1n) is 10.6. The Hall–Kier alpha value is -3.26. The summed E-state index contributed by atoms with van der Waals surface area (Å²) in [7, 11) is 0. The second kappa shape index (κ2) is 8.85. The Morgan fingerprint density at radius 2 is 2.00 bits per heavy atom. The van der Waals surface area contributed by atoms with E-state index < -0.39 is 12.0 Å². The molecule has 2 aliphatic heterocycles. The number of aryl methyl sites for hydroxylation is 1. The summed E-state index contributed by atoms with van der Waals surface area (Å²) in [6.45, 7) is 5.63. The third-order valence-corrected chi connectivity index (χ3v) is 5.85. The molecule has 1 saturated heterocycles. The molecule has 0 aliphatic carbocycles. The van der Waals surface area contributed by atoms with Gasteiger partial charge in [0.2, 0.25) is 11.8 Å². The maximum absolute atomic E-state index is 13.2. The first kappa shape index (κ1) is 21.0. The summed E-state index contributed by atoms with van der Waals surface area (Å²) in [6, 6.07) is 10.5. The van der Waals surface area contributed by atoms with Crippen LogP contribution in [0.15, 0.2) is 42.6 Å². The number of hydrogen-bond donors (Lipinski definition) is 2. The summed E-state index contributed by atoms with van der Waals surface area (Å²) in [5, 5.41) is 9.50. The molecule has 162 valence electrons. The molecule has 0 radical (unpaired) electrons. The van der Waals surface area contributed by atoms with Crippen molar-refractivity contribution in [3.8, 4) is 0 Å². The van der Waals surface area contributed by atoms with Crippen LogP contribution in [0.2, 0.25) is 0 Å². The van der Waals surface area contributed by atoms with E-state index in [2.05, 4.69) is 15.6 Å². The molecule has 1 aromatic carbocycles. The standard InChI is InChI=1S/C23H27N5O3/c1-15(13-20(29)25-19-9-5-10-24-16(19)2)22(30)26-21-18-8-4-3-7-17(18)14-27-11-6-12-28(27)23(21)31/h3-5,7-10,15,21H,6,11-14H2,1-2H3,(H,25,29)(H,26,30)/t15-,21+/m1/s1. The van der Waals surface area contributed by atoms with Gasteiger partial charge in [0.05, 0.1) is 11.4 Å². The number of nitrogens with one attached hydrogen (secondary N) is 2. The van der Waals surface area contributed by atoms with Gasteiger partial charge in [-0.15, -0.1) is 0 Å². The number of hydrogen-bond acceptors (Lipinski definition) is 5. The number of amides is 3. The fourth-order valence-corrected chi connectivity index (χ4v) is 4.13. The number of aromatic nitrogens is 1. The van der Waals surface area contributed by atoms with Gasteiger partial charge >= 0.3 is 0 Å². The molecule has 1 aromatic heterocycles. The largest absolute Gasteiger partial charge is 0.340 e. The number of benzene rings is 1. The molecule has 3 heterocycles. The van der Waals surface area contributed by atoms with Crippen molar-refractivity contribution in [2.24, 2.45) is 5.92 Å². The topological polar surface area (TPSA) is 94.6 Å². The molecule has 0 saturated carbocycles. The third-order valence-electron chi connectivity index (χ3n) is 5.85. The lowest BCUT2D eigenvalue weighted by Gasteiger charge is -2.28. The van der Waals surface area contributed by atoms with Crippen LogP contribution in [0.3, 0.4) is 0 Å². The average molecular weight is 422 g/mol. The van der Waals surface area contributed by atoms with E-state index in [4.69, 9.17) is 0 Å². The molecular formula is C23H27N5O3. The van der Waals surface area contributed by atoms with Crippen LogP contribution in [0.4, 0.5) is 5.69 Å². The van der Waals surface area contributed by atoms with Crippen molar-refractivity contribution in [3.63, 3.8) is 0 Å². The Balaban J connectivity index is 1.46. The molecule has 2 aromatic rings. The van der Waals surface area contributed by atoms with Gasteiger partial charge in [0.25, 0.3) is 5.91 Å². The first-order valence-corrected chi connectivity index (χ1v) is 10.6. The summed E-state index contributed by atoms with van der Waals surface area (Å²) < 4.78 is 0. The van der Waals surface area contributed by atoms with Crippen LogP contribution in [0.25, 0.3) is 0 Å². The minimum absolute atomic E-state index is 0.0125. The van der Waals surface area contributed by atoms with E-state index in [1.807, 2.05) is 36.2 Å². The highest BCUT2D eigenvalue weighted by atomic mass is 16.2. The fraction of sp³-hybridized carbons (Fsp3) is 0.391. The van der Waals surface area contributed by atoms with Crippen LogP contribution in [0.5, 0.6) is 0 Å². The minimum atomic E-state index is -0.752. The number of carbonyl (C=O) groups excluding carboxylic acids is 3. The van der Waals surface area contributed by atoms with Gasteiger partial charge in [-0.05, 0) is 36.6 Å². The van der Waals surface area contributed by atoms with E-state index in [0.29, 0.717) is 24.5 Å². The molecule has 0 bridgehead atoms. The minimum Gasteiger partial charge on any atom is -0.340 e. The van der Waals surface area contributed by atoms with Crippen LogP contribution in [0.1, 0.15) is 42.6 Å². The van der Waals surface area contributed by atoms with Gasteiger partial charge < -0.3 is 10.6 Å². The lowest BCUT2D eigenvalue weighted by atomic mass is 9.98. The van der Waals surface area contributed by atoms with Crippen molar-refractivity contribution in [3.05, 3.63) is 59.4 Å². The first-order chi connectivity index (χ1) is 14.9. The van der Waals surface area contributed by atoms with Gasteiger partial charge in [-0.3, -0.25) is 24.4 Å². The summed E-state index contributed by atoms with van der Waals surface area (Å²) >= 11 is 0. The predicted molar refractivity (Wildman–Crippen MR) is 115 cm³/mol. The van der Waals surface area contributed by atoms with Crippen molar-refractivity contribution in [1.82, 2.24) is 20.3 Å². The molecule has 2 N–H and O–H groups in total. The van der Waals surface area contributed by atoms with Crippen LogP contribution >= 0.6 is 0 Å². The highest BCUT2D eigenvalue weighted by molar-refractivity contribution is 5.95. The van der Waals surface area contributed by atoms with Gasteiger partial charge in [0.15, 0.2) is 0 Å². The molecule has 1 fully saturated rings. The number of rotatable bonds is 5. The zero-order chi connectivity index (χ0) is 22.0. The van der Waals surface area contributed by atoms with Crippen LogP contribution in [-0.2, 0) is 20.9 Å². The van der Waals surface area contributed by atoms with Crippen molar-refractivity contribution in [1.29, 1.82) is 0 Å². The fourth-order valence-electron chi connectivity index (χ4n) is 4.13. The highest BCUT2D eigenvalue weighted by Crippen LogP contribution is 2.30. The second-order valence-corrected chi connectivity index (χ2v) is 8.13. The molecule has 0 spiro atoms. The lowest BCUT2D eigenvalue weighted by molar-refractivity contribution is -0.148. The normalized spacial score (nSPS) is 19.2. The summed E-state index contributed by atoms with van der Waals surface area (Å²) in [6.07, 6.45) is 2.58. The smallest absolute Gasteiger partial charge is 0.264 e. The average Bonchev–Trinajstić information content (AvgIpc) is 3.18. The Bertz CT molecular complexity index is 1010. The van der Waals surface area contributed by atoms with E-state index in [1.165, 1.54) is 0 Å². The quantitative estimate of drug-likeness (QED) is 0.772. The van der Waals surface area contributed by atoms with Gasteiger partial charge in [-0.2, -0.15) is 0 Å². The number of carbonyl (C=O) groups is 3. The number of hydrazine groups is 1. The van der Waals surface area contributed by atoms with Gasteiger partial charge in [0, 0.05) is 38.2 Å². The molecule has 8 nitrogen and oxygen atoms in total. The predicted octanol–water partition coefficient (Wildman–Crippen LogP) is 2.18. The SMILES string of the molecule is Cc1ncccc1NC(=O)C[C@@H](C)C(=O)N[C@@H]1C(=O)N2CCCN2Cc2ccccc21. The maximum Gasteiger partial charge on any atom is 0.264 e. The van der Waals surface area contributed by atoms with Crippen molar-refractivity contribution in [2.45, 2.75) is 39.3 Å². The van der Waals surface area contributed by atoms with Crippen LogP contribution in [0, 0.1) is 12.8 Å². The van der Waals surface area contributed by atoms with Crippen LogP contribution in [-0.4, -0.2) is 45.8 Å². The number of pyridine rings is 1. The summed E-state index contributed by atoms with van der Waals surface area (Å²) in [4.78, 5) is 42.8. The van der Waals surface area contributed by atoms with E-state index in [1.54, 1.807) is 30.3 Å². The maximum atomic E-state index is 13.2.